The number of rotatable bonds is 9. The average molecular weight is 534 g/mol. The smallest absolute Gasteiger partial charge is 0.342 e. The number of aryl methyl sites for hydroxylation is 1. The minimum absolute atomic E-state index is 0.0175. The van der Waals surface area contributed by atoms with Crippen LogP contribution in [-0.2, 0) is 16.1 Å². The van der Waals surface area contributed by atoms with Crippen molar-refractivity contribution in [3.05, 3.63) is 87.2 Å². The van der Waals surface area contributed by atoms with Crippen LogP contribution in [-0.4, -0.2) is 56.3 Å². The molecule has 2 fully saturated rings. The molecule has 0 spiro atoms. The number of amides is 1. The fraction of sp³-hybridized carbons (Fsp3) is 0.296. The number of imidazole rings is 1. The molecule has 0 saturated carbocycles. The van der Waals surface area contributed by atoms with E-state index in [1.807, 2.05) is 60.7 Å². The Bertz CT molecular complexity index is 1360. The number of amidine groups is 1. The van der Waals surface area contributed by atoms with Crippen LogP contribution in [0.3, 0.4) is 0 Å². The van der Waals surface area contributed by atoms with Gasteiger partial charge in [0.2, 0.25) is 0 Å². The molecule has 2 aliphatic rings. The molecule has 38 heavy (non-hydrogen) atoms. The fourth-order valence-corrected chi connectivity index (χ4v) is 5.31. The monoisotopic (exact) mass is 533 g/mol. The van der Waals surface area contributed by atoms with Crippen LogP contribution in [0, 0.1) is 17.0 Å². The third kappa shape index (κ3) is 5.95. The lowest BCUT2D eigenvalue weighted by Gasteiger charge is -2.19. The van der Waals surface area contributed by atoms with Gasteiger partial charge in [0.1, 0.15) is 25.1 Å². The van der Waals surface area contributed by atoms with Gasteiger partial charge >= 0.3 is 5.82 Å². The summed E-state index contributed by atoms with van der Waals surface area (Å²) in [6.07, 6.45) is 5.05. The van der Waals surface area contributed by atoms with Crippen molar-refractivity contribution < 1.29 is 19.2 Å². The predicted octanol–water partition coefficient (Wildman–Crippen LogP) is 4.96. The van der Waals surface area contributed by atoms with E-state index in [0.29, 0.717) is 34.7 Å². The van der Waals surface area contributed by atoms with Gasteiger partial charge < -0.3 is 19.6 Å². The second-order valence-electron chi connectivity index (χ2n) is 8.88. The van der Waals surface area contributed by atoms with Crippen LogP contribution in [0.5, 0.6) is 5.75 Å². The van der Waals surface area contributed by atoms with E-state index >= 15 is 0 Å². The molecule has 0 aliphatic carbocycles. The number of hydrogen-bond acceptors (Lipinski definition) is 8. The maximum absolute atomic E-state index is 13.3. The van der Waals surface area contributed by atoms with Crippen LogP contribution in [0.4, 0.5) is 11.5 Å². The molecule has 1 aromatic heterocycles. The second kappa shape index (κ2) is 11.6. The number of thioether (sulfide) groups is 1. The van der Waals surface area contributed by atoms with Crippen molar-refractivity contribution >= 4 is 40.4 Å². The van der Waals surface area contributed by atoms with Gasteiger partial charge in [0.15, 0.2) is 11.0 Å². The summed E-state index contributed by atoms with van der Waals surface area (Å²) in [5.41, 5.74) is 1.64. The zero-order chi connectivity index (χ0) is 26.5. The van der Waals surface area contributed by atoms with E-state index in [2.05, 4.69) is 4.98 Å². The number of para-hydroxylation sites is 1. The van der Waals surface area contributed by atoms with Crippen molar-refractivity contribution in [1.29, 1.82) is 0 Å². The number of aromatic nitrogens is 2. The molecule has 1 unspecified atom stereocenters. The molecule has 5 rings (SSSR count). The van der Waals surface area contributed by atoms with Gasteiger partial charge in [0.05, 0.1) is 23.2 Å². The summed E-state index contributed by atoms with van der Waals surface area (Å²) in [6, 6.07) is 17.0. The summed E-state index contributed by atoms with van der Waals surface area (Å²) in [5, 5.41) is 11.8. The maximum atomic E-state index is 13.3. The molecule has 196 valence electrons. The summed E-state index contributed by atoms with van der Waals surface area (Å²) in [6.45, 7) is 3.49. The van der Waals surface area contributed by atoms with E-state index in [9.17, 15) is 14.9 Å². The maximum Gasteiger partial charge on any atom is 0.342 e. The van der Waals surface area contributed by atoms with E-state index in [1.54, 1.807) is 11.8 Å². The van der Waals surface area contributed by atoms with Gasteiger partial charge in [-0.1, -0.05) is 30.3 Å². The Kier molecular flexibility index (Phi) is 7.85. The number of nitrogens with zero attached hydrogens (tertiary/aromatic N) is 5. The number of benzene rings is 2. The van der Waals surface area contributed by atoms with Gasteiger partial charge in [0, 0.05) is 13.5 Å². The number of carbonyl (C=O) groups excluding carboxylic acids is 1. The summed E-state index contributed by atoms with van der Waals surface area (Å²) in [5.74, 6) is 1.04. The number of ether oxygens (including phenoxy) is 2. The largest absolute Gasteiger partial charge is 0.489 e. The van der Waals surface area contributed by atoms with Gasteiger partial charge in [0.25, 0.3) is 5.91 Å². The molecule has 10 nitrogen and oxygen atoms in total. The SMILES string of the molecule is Cc1ncc([N+](=O)[O-])n1CCOc1ccc(/C=C2\SC(=Nc3ccccc3)N(CC3CCCO3)C2=O)cc1. The van der Waals surface area contributed by atoms with Gasteiger partial charge in [-0.15, -0.1) is 0 Å². The Labute approximate surface area is 224 Å². The highest BCUT2D eigenvalue weighted by Gasteiger charge is 2.35. The molecule has 0 bridgehead atoms. The van der Waals surface area contributed by atoms with Crippen molar-refractivity contribution in [2.24, 2.45) is 4.99 Å². The van der Waals surface area contributed by atoms with Crippen molar-refractivity contribution in [3.63, 3.8) is 0 Å². The van der Waals surface area contributed by atoms with E-state index in [4.69, 9.17) is 14.5 Å². The van der Waals surface area contributed by atoms with Gasteiger partial charge in [-0.2, -0.15) is 0 Å². The molecule has 0 radical (unpaired) electrons. The van der Waals surface area contributed by atoms with E-state index in [0.717, 1.165) is 30.7 Å². The van der Waals surface area contributed by atoms with Crippen LogP contribution < -0.4 is 4.74 Å². The molecular formula is C27H27N5O5S. The van der Waals surface area contributed by atoms with Gasteiger partial charge in [-0.3, -0.25) is 9.69 Å². The zero-order valence-corrected chi connectivity index (χ0v) is 21.7. The minimum Gasteiger partial charge on any atom is -0.489 e. The lowest BCUT2D eigenvalue weighted by atomic mass is 10.2. The normalized spacial score (nSPS) is 19.6. The molecule has 3 aromatic rings. The average Bonchev–Trinajstić information content (AvgIpc) is 3.63. The van der Waals surface area contributed by atoms with E-state index in [1.165, 1.54) is 22.5 Å². The van der Waals surface area contributed by atoms with Crippen LogP contribution in [0.1, 0.15) is 24.2 Å². The quantitative estimate of drug-likeness (QED) is 0.217. The summed E-state index contributed by atoms with van der Waals surface area (Å²) < 4.78 is 13.1. The molecule has 3 heterocycles. The lowest BCUT2D eigenvalue weighted by molar-refractivity contribution is -0.392. The molecule has 11 heteroatoms. The standard InChI is InChI=1S/C27H27N5O5S/c1-19-28-17-25(32(34)35)30(19)13-15-37-22-11-9-20(10-12-22)16-24-26(33)31(18-23-8-5-14-36-23)27(38-24)29-21-6-3-2-4-7-21/h2-4,6-7,9-12,16-17,23H,5,8,13-15,18H2,1H3/b24-16-,29-27?. The molecule has 1 atom stereocenters. The Morgan fingerprint density at radius 3 is 2.74 bits per heavy atom. The molecular weight excluding hydrogens is 506 g/mol. The second-order valence-corrected chi connectivity index (χ2v) is 9.89. The molecule has 0 N–H and O–H groups in total. The Morgan fingerprint density at radius 2 is 2.03 bits per heavy atom. The molecule has 2 aliphatic heterocycles. The molecule has 1 amide bonds. The van der Waals surface area contributed by atoms with Crippen LogP contribution in [0.2, 0.25) is 0 Å². The van der Waals surface area contributed by atoms with E-state index in [-0.39, 0.29) is 24.4 Å². The van der Waals surface area contributed by atoms with Crippen molar-refractivity contribution in [3.8, 4) is 5.75 Å². The summed E-state index contributed by atoms with van der Waals surface area (Å²) in [4.78, 5) is 35.1. The Balaban J connectivity index is 1.27. The van der Waals surface area contributed by atoms with Gasteiger partial charge in [-0.05, 0) is 65.4 Å². The first-order valence-corrected chi connectivity index (χ1v) is 13.2. The first-order valence-electron chi connectivity index (χ1n) is 12.3. The Morgan fingerprint density at radius 1 is 1.24 bits per heavy atom. The van der Waals surface area contributed by atoms with Gasteiger partial charge in [-0.25, -0.2) is 14.5 Å². The predicted molar refractivity (Wildman–Crippen MR) is 145 cm³/mol. The first-order chi connectivity index (χ1) is 18.5. The zero-order valence-electron chi connectivity index (χ0n) is 20.9. The summed E-state index contributed by atoms with van der Waals surface area (Å²) in [7, 11) is 0. The minimum atomic E-state index is -0.456. The third-order valence-corrected chi connectivity index (χ3v) is 7.27. The highest BCUT2D eigenvalue weighted by Crippen LogP contribution is 2.35. The number of aliphatic imine (C=N–C) groups is 1. The number of nitro groups is 1. The van der Waals surface area contributed by atoms with Crippen molar-refractivity contribution in [2.75, 3.05) is 19.8 Å². The van der Waals surface area contributed by atoms with Crippen molar-refractivity contribution in [2.45, 2.75) is 32.4 Å². The molecule has 2 aromatic carbocycles. The van der Waals surface area contributed by atoms with Crippen LogP contribution >= 0.6 is 11.8 Å². The fourth-order valence-electron chi connectivity index (χ4n) is 4.30. The Hall–Kier alpha value is -3.96. The van der Waals surface area contributed by atoms with Crippen LogP contribution in [0.15, 0.2) is 70.7 Å². The van der Waals surface area contributed by atoms with Crippen LogP contribution in [0.25, 0.3) is 6.08 Å². The van der Waals surface area contributed by atoms with E-state index < -0.39 is 4.92 Å². The highest BCUT2D eigenvalue weighted by atomic mass is 32.2. The topological polar surface area (TPSA) is 112 Å². The number of hydrogen-bond donors (Lipinski definition) is 0. The lowest BCUT2D eigenvalue weighted by Crippen LogP contribution is -2.36. The van der Waals surface area contributed by atoms with Crippen molar-refractivity contribution in [1.82, 2.24) is 14.5 Å². The summed E-state index contributed by atoms with van der Waals surface area (Å²) >= 11 is 1.36. The highest BCUT2D eigenvalue weighted by molar-refractivity contribution is 8.18. The first kappa shape index (κ1) is 25.7. The third-order valence-electron chi connectivity index (χ3n) is 6.26. The number of carbonyl (C=O) groups is 1. The molecule has 2 saturated heterocycles.